The van der Waals surface area contributed by atoms with E-state index >= 15 is 0 Å². The lowest BCUT2D eigenvalue weighted by molar-refractivity contribution is 0.426. The molecule has 2 rings (SSSR count). The topological polar surface area (TPSA) is 26.0 Å². The first-order chi connectivity index (χ1) is 6.79. The molecule has 0 N–H and O–H groups in total. The molecule has 72 valence electrons. The summed E-state index contributed by atoms with van der Waals surface area (Å²) in [7, 11) is 0. The van der Waals surface area contributed by atoms with Gasteiger partial charge < -0.3 is 4.52 Å². The molecule has 0 spiro atoms. The van der Waals surface area contributed by atoms with E-state index in [2.05, 4.69) is 21.1 Å². The zero-order valence-electron chi connectivity index (χ0n) is 7.21. The van der Waals surface area contributed by atoms with Gasteiger partial charge in [-0.1, -0.05) is 32.7 Å². The Labute approximate surface area is 95.0 Å². The van der Waals surface area contributed by atoms with Gasteiger partial charge in [0.15, 0.2) is 5.76 Å². The van der Waals surface area contributed by atoms with Crippen LogP contribution in [0.5, 0.6) is 0 Å². The normalized spacial score (nSPS) is 10.4. The number of halogens is 2. The van der Waals surface area contributed by atoms with E-state index in [1.165, 1.54) is 0 Å². The van der Waals surface area contributed by atoms with Crippen molar-refractivity contribution in [2.24, 2.45) is 0 Å². The van der Waals surface area contributed by atoms with Crippen LogP contribution >= 0.6 is 27.5 Å². The molecule has 2 aromatic rings. The molecule has 4 heteroatoms. The van der Waals surface area contributed by atoms with Crippen LogP contribution in [0.4, 0.5) is 0 Å². The molecule has 2 nitrogen and oxygen atoms in total. The van der Waals surface area contributed by atoms with Crippen molar-refractivity contribution in [2.75, 3.05) is 0 Å². The fourth-order valence-electron chi connectivity index (χ4n) is 1.12. The third-order valence-electron chi connectivity index (χ3n) is 1.82. The molecule has 0 fully saturated rings. The summed E-state index contributed by atoms with van der Waals surface area (Å²) in [5.41, 5.74) is 1.86. The molecular weight excluding hydrogens is 265 g/mol. The van der Waals surface area contributed by atoms with Crippen LogP contribution in [0.2, 0.25) is 5.02 Å². The van der Waals surface area contributed by atoms with Crippen LogP contribution in [0.1, 0.15) is 5.69 Å². The van der Waals surface area contributed by atoms with Crippen molar-refractivity contribution in [3.63, 3.8) is 0 Å². The second-order valence-electron chi connectivity index (χ2n) is 2.82. The molecule has 1 aromatic carbocycles. The van der Waals surface area contributed by atoms with Gasteiger partial charge in [-0.15, -0.1) is 0 Å². The first kappa shape index (κ1) is 9.74. The minimum Gasteiger partial charge on any atom is -0.356 e. The average molecular weight is 273 g/mol. The van der Waals surface area contributed by atoms with E-state index < -0.39 is 0 Å². The molecule has 0 unspecified atom stereocenters. The second-order valence-corrected chi connectivity index (χ2v) is 3.82. The van der Waals surface area contributed by atoms with Crippen LogP contribution in [-0.4, -0.2) is 5.16 Å². The van der Waals surface area contributed by atoms with E-state index in [9.17, 15) is 0 Å². The fraction of sp³-hybridized carbons (Fsp3) is 0.100. The van der Waals surface area contributed by atoms with Crippen molar-refractivity contribution < 1.29 is 4.52 Å². The van der Waals surface area contributed by atoms with Crippen LogP contribution in [-0.2, 0) is 5.33 Å². The van der Waals surface area contributed by atoms with Crippen molar-refractivity contribution in [1.82, 2.24) is 5.16 Å². The summed E-state index contributed by atoms with van der Waals surface area (Å²) in [6.45, 7) is 0. The van der Waals surface area contributed by atoms with Crippen molar-refractivity contribution in [1.29, 1.82) is 0 Å². The molecule has 0 bridgehead atoms. The number of hydrogen-bond acceptors (Lipinski definition) is 2. The monoisotopic (exact) mass is 271 g/mol. The van der Waals surface area contributed by atoms with Gasteiger partial charge in [-0.3, -0.25) is 0 Å². The Balaban J connectivity index is 2.34. The highest BCUT2D eigenvalue weighted by molar-refractivity contribution is 9.08. The van der Waals surface area contributed by atoms with Crippen LogP contribution in [0.25, 0.3) is 11.3 Å². The Bertz CT molecular complexity index is 424. The summed E-state index contributed by atoms with van der Waals surface area (Å²) in [5, 5.41) is 5.29. The zero-order valence-corrected chi connectivity index (χ0v) is 9.55. The maximum absolute atomic E-state index is 5.78. The lowest BCUT2D eigenvalue weighted by atomic mass is 10.2. The Hall–Kier alpha value is -0.800. The Morgan fingerprint density at radius 1 is 1.29 bits per heavy atom. The van der Waals surface area contributed by atoms with Gasteiger partial charge in [0, 0.05) is 22.0 Å². The Morgan fingerprint density at radius 3 is 2.57 bits per heavy atom. The third-order valence-corrected chi connectivity index (χ3v) is 2.65. The maximum atomic E-state index is 5.78. The van der Waals surface area contributed by atoms with Gasteiger partial charge in [0.05, 0.1) is 5.69 Å². The van der Waals surface area contributed by atoms with E-state index in [1.54, 1.807) is 0 Å². The van der Waals surface area contributed by atoms with Gasteiger partial charge in [0.1, 0.15) is 0 Å². The highest BCUT2D eigenvalue weighted by atomic mass is 79.9. The van der Waals surface area contributed by atoms with E-state index in [1.807, 2.05) is 30.3 Å². The summed E-state index contributed by atoms with van der Waals surface area (Å²) in [5.74, 6) is 0.760. The van der Waals surface area contributed by atoms with Crippen LogP contribution < -0.4 is 0 Å². The molecule has 0 saturated carbocycles. The number of alkyl halides is 1. The van der Waals surface area contributed by atoms with Crippen LogP contribution in [0.3, 0.4) is 0 Å². The molecule has 0 radical (unpaired) electrons. The molecule has 1 aromatic heterocycles. The molecule has 1 heterocycles. The van der Waals surface area contributed by atoms with Crippen LogP contribution in [0, 0.1) is 0 Å². The molecule has 0 aliphatic carbocycles. The van der Waals surface area contributed by atoms with Crippen molar-refractivity contribution in [2.45, 2.75) is 5.33 Å². The fourth-order valence-corrected chi connectivity index (χ4v) is 1.52. The summed E-state index contributed by atoms with van der Waals surface area (Å²) >= 11 is 9.09. The molecule has 14 heavy (non-hydrogen) atoms. The SMILES string of the molecule is Clc1ccc(-c2cc(CBr)no2)cc1. The van der Waals surface area contributed by atoms with Gasteiger partial charge in [-0.2, -0.15) is 0 Å². The van der Waals surface area contributed by atoms with E-state index in [4.69, 9.17) is 16.1 Å². The predicted molar refractivity (Wildman–Crippen MR) is 59.6 cm³/mol. The van der Waals surface area contributed by atoms with Gasteiger partial charge >= 0.3 is 0 Å². The lowest BCUT2D eigenvalue weighted by Crippen LogP contribution is -1.72. The summed E-state index contributed by atoms with van der Waals surface area (Å²) < 4.78 is 5.16. The van der Waals surface area contributed by atoms with Crippen molar-refractivity contribution in [3.05, 3.63) is 41.0 Å². The number of rotatable bonds is 2. The summed E-state index contributed by atoms with van der Waals surface area (Å²) in [6.07, 6.45) is 0. The van der Waals surface area contributed by atoms with Gasteiger partial charge in [0.2, 0.25) is 0 Å². The number of hydrogen-bond donors (Lipinski definition) is 0. The third kappa shape index (κ3) is 1.99. The highest BCUT2D eigenvalue weighted by Crippen LogP contribution is 2.22. The minimum atomic E-state index is 0.699. The largest absolute Gasteiger partial charge is 0.356 e. The summed E-state index contributed by atoms with van der Waals surface area (Å²) in [6, 6.07) is 9.36. The molecule has 0 saturated heterocycles. The van der Waals surface area contributed by atoms with Crippen LogP contribution in [0.15, 0.2) is 34.9 Å². The maximum Gasteiger partial charge on any atom is 0.167 e. The molecule has 0 atom stereocenters. The van der Waals surface area contributed by atoms with Gasteiger partial charge in [-0.25, -0.2) is 0 Å². The van der Waals surface area contributed by atoms with Crippen molar-refractivity contribution >= 4 is 27.5 Å². The smallest absolute Gasteiger partial charge is 0.167 e. The number of aromatic nitrogens is 1. The summed E-state index contributed by atoms with van der Waals surface area (Å²) in [4.78, 5) is 0. The molecule has 0 aliphatic rings. The van der Waals surface area contributed by atoms with E-state index in [0.29, 0.717) is 10.4 Å². The number of nitrogens with zero attached hydrogens (tertiary/aromatic N) is 1. The lowest BCUT2D eigenvalue weighted by Gasteiger charge is -1.93. The first-order valence-electron chi connectivity index (χ1n) is 4.07. The molecular formula is C10H7BrClNO. The molecule has 0 amide bonds. The zero-order chi connectivity index (χ0) is 9.97. The van der Waals surface area contributed by atoms with Crippen molar-refractivity contribution in [3.8, 4) is 11.3 Å². The standard InChI is InChI=1S/C10H7BrClNO/c11-6-9-5-10(14-13-9)7-1-3-8(12)4-2-7/h1-5H,6H2. The minimum absolute atomic E-state index is 0.699. The average Bonchev–Trinajstić information content (AvgIpc) is 2.67. The number of benzene rings is 1. The first-order valence-corrected chi connectivity index (χ1v) is 5.57. The predicted octanol–water partition coefficient (Wildman–Crippen LogP) is 3.89. The molecule has 0 aliphatic heterocycles. The highest BCUT2D eigenvalue weighted by Gasteiger charge is 2.04. The second kappa shape index (κ2) is 4.15. The van der Waals surface area contributed by atoms with E-state index in [0.717, 1.165) is 17.0 Å². The van der Waals surface area contributed by atoms with E-state index in [-0.39, 0.29) is 0 Å². The van der Waals surface area contributed by atoms with Gasteiger partial charge in [-0.05, 0) is 24.3 Å². The Morgan fingerprint density at radius 2 is 2.00 bits per heavy atom. The quantitative estimate of drug-likeness (QED) is 0.775. The Kier molecular flexibility index (Phi) is 2.89. The van der Waals surface area contributed by atoms with Gasteiger partial charge in [0.25, 0.3) is 0 Å².